The zero-order valence-corrected chi connectivity index (χ0v) is 21.7. The molecule has 0 aliphatic rings. The van der Waals surface area contributed by atoms with Crippen LogP contribution in [-0.4, -0.2) is 6.04 Å². The van der Waals surface area contributed by atoms with Gasteiger partial charge in [0.2, 0.25) is 0 Å². The van der Waals surface area contributed by atoms with Crippen molar-refractivity contribution in [2.45, 2.75) is 143 Å². The summed E-state index contributed by atoms with van der Waals surface area (Å²) in [5.74, 6) is 0. The largest absolute Gasteiger partial charge is 0.310 e. The van der Waals surface area contributed by atoms with E-state index in [1.165, 1.54) is 108 Å². The molecule has 0 aliphatic heterocycles. The molecule has 0 saturated carbocycles. The van der Waals surface area contributed by atoms with Gasteiger partial charge in [0.05, 0.1) is 0 Å². The summed E-state index contributed by atoms with van der Waals surface area (Å²) < 4.78 is 0. The van der Waals surface area contributed by atoms with E-state index in [-0.39, 0.29) is 12.4 Å². The van der Waals surface area contributed by atoms with Gasteiger partial charge < -0.3 is 5.32 Å². The molecule has 1 aromatic carbocycles. The third-order valence-corrected chi connectivity index (χ3v) is 5.51. The fraction of sp³-hybridized carbons (Fsp3) is 0.786. The zero-order chi connectivity index (χ0) is 21.4. The van der Waals surface area contributed by atoms with Crippen LogP contribution >= 0.6 is 12.4 Å². The third-order valence-electron chi connectivity index (χ3n) is 5.51. The second-order valence-corrected chi connectivity index (χ2v) is 8.97. The first-order valence-corrected chi connectivity index (χ1v) is 13.0. The fourth-order valence-electron chi connectivity index (χ4n) is 3.54. The Morgan fingerprint density at radius 2 is 0.900 bits per heavy atom. The first-order chi connectivity index (χ1) is 14.2. The van der Waals surface area contributed by atoms with Crippen molar-refractivity contribution < 1.29 is 0 Å². The summed E-state index contributed by atoms with van der Waals surface area (Å²) in [4.78, 5) is 0. The second kappa shape index (κ2) is 26.5. The molecule has 1 rings (SSSR count). The van der Waals surface area contributed by atoms with Crippen molar-refractivity contribution in [3.05, 3.63) is 35.9 Å². The molecule has 30 heavy (non-hydrogen) atoms. The summed E-state index contributed by atoms with van der Waals surface area (Å²) in [6, 6.07) is 11.0. The summed E-state index contributed by atoms with van der Waals surface area (Å²) >= 11 is 0. The van der Waals surface area contributed by atoms with Gasteiger partial charge in [-0.2, -0.15) is 0 Å². The van der Waals surface area contributed by atoms with Gasteiger partial charge >= 0.3 is 0 Å². The number of nitrogens with one attached hydrogen (secondary N) is 1. The minimum Gasteiger partial charge on any atom is -0.310 e. The maximum atomic E-state index is 3.36. The Kier molecular flexibility index (Phi) is 28.0. The van der Waals surface area contributed by atoms with Crippen LogP contribution in [0.4, 0.5) is 0 Å². The molecule has 1 nitrogen and oxygen atoms in total. The molecule has 0 fully saturated rings. The lowest BCUT2D eigenvalue weighted by Crippen LogP contribution is -2.21. The zero-order valence-electron chi connectivity index (χ0n) is 20.9. The van der Waals surface area contributed by atoms with Crippen LogP contribution in [0.5, 0.6) is 0 Å². The molecular formula is C28H54ClN. The number of benzene rings is 1. The third kappa shape index (κ3) is 25.5. The van der Waals surface area contributed by atoms with Crippen LogP contribution in [0.1, 0.15) is 136 Å². The van der Waals surface area contributed by atoms with Gasteiger partial charge in [0.1, 0.15) is 0 Å². The molecule has 0 heterocycles. The molecule has 0 amide bonds. The van der Waals surface area contributed by atoms with Crippen molar-refractivity contribution >= 4 is 12.4 Å². The number of unbranched alkanes of at least 4 members (excludes halogenated alkanes) is 15. The summed E-state index contributed by atoms with van der Waals surface area (Å²) in [5.41, 5.74) is 1.35. The average molecular weight is 440 g/mol. The Labute approximate surface area is 196 Å². The maximum absolute atomic E-state index is 3.36. The minimum atomic E-state index is 0. The quantitative estimate of drug-likeness (QED) is 0.224. The maximum Gasteiger partial charge on any atom is 0.0207 e. The van der Waals surface area contributed by atoms with Gasteiger partial charge in [-0.05, 0) is 5.56 Å². The van der Waals surface area contributed by atoms with Gasteiger partial charge in [0.15, 0.2) is 0 Å². The van der Waals surface area contributed by atoms with E-state index in [0.717, 1.165) is 6.54 Å². The van der Waals surface area contributed by atoms with Gasteiger partial charge in [0, 0.05) is 12.6 Å². The van der Waals surface area contributed by atoms with E-state index >= 15 is 0 Å². The number of halogens is 1. The molecule has 0 unspecified atom stereocenters. The fourth-order valence-corrected chi connectivity index (χ4v) is 3.54. The van der Waals surface area contributed by atoms with Crippen LogP contribution in [0, 0.1) is 0 Å². The predicted octanol–water partition coefficient (Wildman–Crippen LogP) is 9.87. The highest BCUT2D eigenvalue weighted by Crippen LogP contribution is 2.13. The molecule has 178 valence electrons. The lowest BCUT2D eigenvalue weighted by Gasteiger charge is -2.06. The molecular weight excluding hydrogens is 386 g/mol. The topological polar surface area (TPSA) is 12.0 Å². The van der Waals surface area contributed by atoms with Gasteiger partial charge in [0.25, 0.3) is 0 Å². The molecule has 2 heteroatoms. The molecule has 0 aliphatic carbocycles. The Morgan fingerprint density at radius 3 is 1.20 bits per heavy atom. The summed E-state index contributed by atoms with van der Waals surface area (Å²) in [6.07, 6.45) is 23.4. The molecule has 0 saturated heterocycles. The molecule has 0 bridgehead atoms. The Balaban J connectivity index is 0. The van der Waals surface area contributed by atoms with E-state index in [1.54, 1.807) is 0 Å². The SMILES string of the molecule is CC(C)NCc1ccccc1.CCCCCCCCCCCCCCCCCC.Cl. The minimum absolute atomic E-state index is 0. The van der Waals surface area contributed by atoms with Crippen molar-refractivity contribution in [1.29, 1.82) is 0 Å². The van der Waals surface area contributed by atoms with Crippen LogP contribution in [0.25, 0.3) is 0 Å². The van der Waals surface area contributed by atoms with Gasteiger partial charge in [-0.25, -0.2) is 0 Å². The van der Waals surface area contributed by atoms with Gasteiger partial charge in [-0.3, -0.25) is 0 Å². The van der Waals surface area contributed by atoms with Crippen LogP contribution in [0.3, 0.4) is 0 Å². The van der Waals surface area contributed by atoms with E-state index in [0.29, 0.717) is 6.04 Å². The highest BCUT2D eigenvalue weighted by molar-refractivity contribution is 5.85. The number of hydrogen-bond donors (Lipinski definition) is 1. The standard InChI is InChI=1S/C18H38.C10H15N.ClH/c1-3-5-7-9-11-13-15-17-18-16-14-12-10-8-6-4-2;1-9(2)11-8-10-6-4-3-5-7-10;/h3-18H2,1-2H3;3-7,9,11H,8H2,1-2H3;1H. The van der Waals surface area contributed by atoms with Crippen LogP contribution in [0.2, 0.25) is 0 Å². The Morgan fingerprint density at radius 1 is 0.567 bits per heavy atom. The predicted molar refractivity (Wildman–Crippen MR) is 141 cm³/mol. The van der Waals surface area contributed by atoms with E-state index in [4.69, 9.17) is 0 Å². The smallest absolute Gasteiger partial charge is 0.0207 e. The highest BCUT2D eigenvalue weighted by Gasteiger charge is 1.94. The van der Waals surface area contributed by atoms with Crippen molar-refractivity contribution in [2.24, 2.45) is 0 Å². The van der Waals surface area contributed by atoms with Crippen LogP contribution < -0.4 is 5.32 Å². The van der Waals surface area contributed by atoms with Gasteiger partial charge in [-0.1, -0.05) is 161 Å². The Hall–Kier alpha value is -0.530. The lowest BCUT2D eigenvalue weighted by atomic mass is 10.0. The van der Waals surface area contributed by atoms with Crippen LogP contribution in [-0.2, 0) is 6.54 Å². The molecule has 1 N–H and O–H groups in total. The molecule has 0 radical (unpaired) electrons. The average Bonchev–Trinajstić information content (AvgIpc) is 2.74. The van der Waals surface area contributed by atoms with Crippen molar-refractivity contribution in [1.82, 2.24) is 5.32 Å². The first-order valence-electron chi connectivity index (χ1n) is 13.0. The second-order valence-electron chi connectivity index (χ2n) is 8.97. The summed E-state index contributed by atoms with van der Waals surface area (Å²) in [6.45, 7) is 9.87. The van der Waals surface area contributed by atoms with Crippen LogP contribution in [0.15, 0.2) is 30.3 Å². The van der Waals surface area contributed by atoms with E-state index in [2.05, 4.69) is 57.3 Å². The molecule has 0 atom stereocenters. The molecule has 1 aromatic rings. The van der Waals surface area contributed by atoms with Crippen molar-refractivity contribution in [2.75, 3.05) is 0 Å². The van der Waals surface area contributed by atoms with E-state index in [1.807, 2.05) is 6.07 Å². The molecule has 0 spiro atoms. The van der Waals surface area contributed by atoms with E-state index in [9.17, 15) is 0 Å². The van der Waals surface area contributed by atoms with Gasteiger partial charge in [-0.15, -0.1) is 12.4 Å². The lowest BCUT2D eigenvalue weighted by molar-refractivity contribution is 0.531. The first kappa shape index (κ1) is 31.7. The highest BCUT2D eigenvalue weighted by atomic mass is 35.5. The summed E-state index contributed by atoms with van der Waals surface area (Å²) in [5, 5.41) is 3.36. The van der Waals surface area contributed by atoms with Crippen molar-refractivity contribution in [3.63, 3.8) is 0 Å². The summed E-state index contributed by atoms with van der Waals surface area (Å²) in [7, 11) is 0. The van der Waals surface area contributed by atoms with E-state index < -0.39 is 0 Å². The number of rotatable bonds is 18. The van der Waals surface area contributed by atoms with Crippen molar-refractivity contribution in [3.8, 4) is 0 Å². The molecule has 0 aromatic heterocycles. The monoisotopic (exact) mass is 439 g/mol. The number of hydrogen-bond acceptors (Lipinski definition) is 1. The Bertz CT molecular complexity index is 388. The normalized spacial score (nSPS) is 10.4.